The van der Waals surface area contributed by atoms with Gasteiger partial charge in [0.25, 0.3) is 0 Å². The minimum Gasteiger partial charge on any atom is -0.466 e. The first kappa shape index (κ1) is 21.6. The third-order valence-corrected chi connectivity index (χ3v) is 7.01. The van der Waals surface area contributed by atoms with Crippen molar-refractivity contribution in [1.82, 2.24) is 0 Å². The fraction of sp³-hybridized carbons (Fsp3) is 0.480. The molecule has 1 aromatic carbocycles. The fourth-order valence-electron chi connectivity index (χ4n) is 4.06. The third kappa shape index (κ3) is 4.73. The molecule has 3 rings (SSSR count). The highest BCUT2D eigenvalue weighted by atomic mass is 32.2. The first-order chi connectivity index (χ1) is 14.0. The predicted molar refractivity (Wildman–Crippen MR) is 118 cm³/mol. The van der Waals surface area contributed by atoms with E-state index in [1.165, 1.54) is 28.2 Å². The lowest BCUT2D eigenvalue weighted by Gasteiger charge is -2.38. The smallest absolute Gasteiger partial charge is 0.313 e. The second kappa shape index (κ2) is 9.59. The second-order valence-corrected chi connectivity index (χ2v) is 8.58. The van der Waals surface area contributed by atoms with Crippen molar-refractivity contribution in [2.75, 3.05) is 12.4 Å². The van der Waals surface area contributed by atoms with E-state index < -0.39 is 0 Å². The monoisotopic (exact) mass is 410 g/mol. The quantitative estimate of drug-likeness (QED) is 0.439. The van der Waals surface area contributed by atoms with E-state index in [1.807, 2.05) is 17.8 Å². The Kier molecular flexibility index (Phi) is 7.14. The zero-order valence-corrected chi connectivity index (χ0v) is 18.7. The van der Waals surface area contributed by atoms with Crippen molar-refractivity contribution < 1.29 is 13.9 Å². The zero-order chi connectivity index (χ0) is 20.9. The Balaban J connectivity index is 1.91. The number of carbonyl (C=O) groups is 1. The van der Waals surface area contributed by atoms with Crippen molar-refractivity contribution >= 4 is 17.7 Å². The highest BCUT2D eigenvalue weighted by molar-refractivity contribution is 7.99. The minimum absolute atomic E-state index is 0.140. The van der Waals surface area contributed by atoms with Crippen molar-refractivity contribution in [3.63, 3.8) is 0 Å². The molecule has 0 unspecified atom stereocenters. The molecule has 0 amide bonds. The number of hydrogen-bond donors (Lipinski definition) is 0. The predicted octanol–water partition coefficient (Wildman–Crippen LogP) is 5.90. The summed E-state index contributed by atoms with van der Waals surface area (Å²) in [4.78, 5) is 13.0. The summed E-state index contributed by atoms with van der Waals surface area (Å²) in [7, 11) is 0. The highest BCUT2D eigenvalue weighted by Gasteiger charge is 2.34. The molecule has 3 nitrogen and oxygen atoms in total. The maximum Gasteiger partial charge on any atom is 0.313 e. The standard InChI is InChI=1S/C25H30O3S/c1-5-18-16-23-22(25(6-2,7-3)13-14-29-23)15-19(18)9-10-20-11-12-21(28-20)17-24(26)27-8-4/h11-12,15-16H,5-8,13-14,17H2,1-4H3. The minimum atomic E-state index is -0.280. The molecule has 154 valence electrons. The maximum atomic E-state index is 11.6. The number of furan rings is 1. The highest BCUT2D eigenvalue weighted by Crippen LogP contribution is 2.46. The lowest BCUT2D eigenvalue weighted by Crippen LogP contribution is -2.29. The molecule has 0 radical (unpaired) electrons. The molecular formula is C25H30O3S. The first-order valence-corrected chi connectivity index (χ1v) is 11.6. The summed E-state index contributed by atoms with van der Waals surface area (Å²) in [5.41, 5.74) is 4.09. The van der Waals surface area contributed by atoms with Crippen LogP contribution >= 0.6 is 11.8 Å². The first-order valence-electron chi connectivity index (χ1n) is 10.6. The van der Waals surface area contributed by atoms with E-state index >= 15 is 0 Å². The largest absolute Gasteiger partial charge is 0.466 e. The molecule has 0 atom stereocenters. The van der Waals surface area contributed by atoms with Crippen molar-refractivity contribution in [3.8, 4) is 11.8 Å². The van der Waals surface area contributed by atoms with Crippen LogP contribution in [0.25, 0.3) is 0 Å². The van der Waals surface area contributed by atoms with Gasteiger partial charge in [-0.2, -0.15) is 0 Å². The van der Waals surface area contributed by atoms with Gasteiger partial charge >= 0.3 is 5.97 Å². The number of hydrogen-bond acceptors (Lipinski definition) is 4. The fourth-order valence-corrected chi connectivity index (χ4v) is 5.43. The molecule has 2 aromatic rings. The molecule has 0 fully saturated rings. The Hall–Kier alpha value is -2.12. The van der Waals surface area contributed by atoms with Gasteiger partial charge in [0.1, 0.15) is 12.2 Å². The van der Waals surface area contributed by atoms with Crippen LogP contribution in [-0.4, -0.2) is 18.3 Å². The number of thioether (sulfide) groups is 1. The van der Waals surface area contributed by atoms with Gasteiger partial charge in [-0.15, -0.1) is 11.8 Å². The molecule has 0 bridgehead atoms. The van der Waals surface area contributed by atoms with Crippen molar-refractivity contribution in [3.05, 3.63) is 52.5 Å². The average molecular weight is 411 g/mol. The van der Waals surface area contributed by atoms with Crippen LogP contribution in [0.1, 0.15) is 75.2 Å². The number of rotatable bonds is 6. The number of aryl methyl sites for hydroxylation is 1. The van der Waals surface area contributed by atoms with E-state index in [-0.39, 0.29) is 17.8 Å². The Labute approximate surface area is 178 Å². The Morgan fingerprint density at radius 3 is 2.66 bits per heavy atom. The summed E-state index contributed by atoms with van der Waals surface area (Å²) in [5, 5.41) is 0. The lowest BCUT2D eigenvalue weighted by atomic mass is 9.72. The van der Waals surface area contributed by atoms with E-state index in [4.69, 9.17) is 9.15 Å². The Morgan fingerprint density at radius 2 is 1.97 bits per heavy atom. The van der Waals surface area contributed by atoms with Crippen molar-refractivity contribution in [2.45, 2.75) is 70.1 Å². The topological polar surface area (TPSA) is 39.4 Å². The molecular weight excluding hydrogens is 380 g/mol. The Bertz CT molecular complexity index is 925. The molecule has 0 N–H and O–H groups in total. The molecule has 1 aromatic heterocycles. The van der Waals surface area contributed by atoms with Crippen LogP contribution in [0.2, 0.25) is 0 Å². The van der Waals surface area contributed by atoms with E-state index in [0.717, 1.165) is 24.8 Å². The lowest BCUT2D eigenvalue weighted by molar-refractivity contribution is -0.142. The summed E-state index contributed by atoms with van der Waals surface area (Å²) in [5.74, 6) is 8.57. The second-order valence-electron chi connectivity index (χ2n) is 7.44. The van der Waals surface area contributed by atoms with Gasteiger partial charge in [0.2, 0.25) is 0 Å². The van der Waals surface area contributed by atoms with Crippen LogP contribution in [0.15, 0.2) is 33.6 Å². The van der Waals surface area contributed by atoms with Gasteiger partial charge in [0.05, 0.1) is 6.61 Å². The molecule has 0 aliphatic carbocycles. The molecule has 0 spiro atoms. The normalized spacial score (nSPS) is 14.6. The van der Waals surface area contributed by atoms with Crippen LogP contribution in [0, 0.1) is 11.8 Å². The number of esters is 1. The van der Waals surface area contributed by atoms with Gasteiger partial charge in [-0.1, -0.05) is 26.7 Å². The van der Waals surface area contributed by atoms with E-state index in [1.54, 1.807) is 13.0 Å². The Morgan fingerprint density at radius 1 is 1.17 bits per heavy atom. The summed E-state index contributed by atoms with van der Waals surface area (Å²) in [6, 6.07) is 8.29. The molecule has 1 aliphatic heterocycles. The van der Waals surface area contributed by atoms with Crippen LogP contribution in [0.4, 0.5) is 0 Å². The summed E-state index contributed by atoms with van der Waals surface area (Å²) < 4.78 is 10.7. The van der Waals surface area contributed by atoms with Gasteiger partial charge in [0.15, 0.2) is 5.76 Å². The number of benzene rings is 1. The summed E-state index contributed by atoms with van der Waals surface area (Å²) in [6.07, 6.45) is 4.64. The average Bonchev–Trinajstić information content (AvgIpc) is 3.18. The summed E-state index contributed by atoms with van der Waals surface area (Å²) >= 11 is 1.98. The van der Waals surface area contributed by atoms with E-state index in [9.17, 15) is 4.79 Å². The van der Waals surface area contributed by atoms with Crippen LogP contribution in [0.3, 0.4) is 0 Å². The van der Waals surface area contributed by atoms with Crippen LogP contribution < -0.4 is 0 Å². The molecule has 4 heteroatoms. The van der Waals surface area contributed by atoms with Gasteiger partial charge in [-0.25, -0.2) is 0 Å². The summed E-state index contributed by atoms with van der Waals surface area (Å²) in [6.45, 7) is 8.95. The van der Waals surface area contributed by atoms with Crippen LogP contribution in [-0.2, 0) is 27.8 Å². The van der Waals surface area contributed by atoms with Crippen molar-refractivity contribution in [1.29, 1.82) is 0 Å². The molecule has 1 aliphatic rings. The SMILES string of the molecule is CCOC(=O)Cc1ccc(C#Cc2cc3c(cc2CC)SCCC3(CC)CC)o1. The van der Waals surface area contributed by atoms with Crippen molar-refractivity contribution in [2.24, 2.45) is 0 Å². The molecule has 2 heterocycles. The van der Waals surface area contributed by atoms with E-state index in [0.29, 0.717) is 18.1 Å². The molecule has 0 saturated heterocycles. The van der Waals surface area contributed by atoms with Gasteiger partial charge in [-0.05, 0) is 85.1 Å². The number of fused-ring (bicyclic) bond motifs is 1. The van der Waals surface area contributed by atoms with Gasteiger partial charge < -0.3 is 9.15 Å². The zero-order valence-electron chi connectivity index (χ0n) is 17.9. The third-order valence-electron chi connectivity index (χ3n) is 5.96. The van der Waals surface area contributed by atoms with E-state index in [2.05, 4.69) is 44.7 Å². The van der Waals surface area contributed by atoms with Gasteiger partial charge in [-0.3, -0.25) is 4.79 Å². The number of carbonyl (C=O) groups excluding carboxylic acids is 1. The molecule has 0 saturated carbocycles. The van der Waals surface area contributed by atoms with Gasteiger partial charge in [0, 0.05) is 10.5 Å². The number of ether oxygens (including phenoxy) is 1. The maximum absolute atomic E-state index is 11.6. The van der Waals surface area contributed by atoms with Crippen LogP contribution in [0.5, 0.6) is 0 Å². The molecule has 29 heavy (non-hydrogen) atoms.